The van der Waals surface area contributed by atoms with Crippen LogP contribution in [0.15, 0.2) is 0 Å². The summed E-state index contributed by atoms with van der Waals surface area (Å²) >= 11 is 2.39. The average Bonchev–Trinajstić information content (AvgIpc) is 2.24. The summed E-state index contributed by atoms with van der Waals surface area (Å²) in [7, 11) is 0. The molecular formula is C15H28S. The SMILES string of the molecule is CC(C)C(C)C1(SC2CCCCC2)CCC1. The molecule has 0 nitrogen and oxygen atoms in total. The number of hydrogen-bond donors (Lipinski definition) is 0. The Balaban J connectivity index is 1.93. The van der Waals surface area contributed by atoms with E-state index in [2.05, 4.69) is 32.5 Å². The molecule has 2 rings (SSSR count). The van der Waals surface area contributed by atoms with Gasteiger partial charge in [0.05, 0.1) is 0 Å². The van der Waals surface area contributed by atoms with Crippen LogP contribution in [0.4, 0.5) is 0 Å². The molecule has 2 aliphatic carbocycles. The van der Waals surface area contributed by atoms with Gasteiger partial charge >= 0.3 is 0 Å². The molecule has 0 radical (unpaired) electrons. The van der Waals surface area contributed by atoms with Gasteiger partial charge in [-0.15, -0.1) is 0 Å². The Kier molecular flexibility index (Phi) is 4.26. The zero-order valence-corrected chi connectivity index (χ0v) is 12.1. The van der Waals surface area contributed by atoms with E-state index >= 15 is 0 Å². The second-order valence-corrected chi connectivity index (χ2v) is 8.04. The monoisotopic (exact) mass is 240 g/mol. The fourth-order valence-electron chi connectivity index (χ4n) is 3.33. The highest BCUT2D eigenvalue weighted by molar-refractivity contribution is 8.01. The molecule has 0 aromatic carbocycles. The first-order valence-electron chi connectivity index (χ1n) is 7.32. The second kappa shape index (κ2) is 5.33. The van der Waals surface area contributed by atoms with E-state index in [-0.39, 0.29) is 0 Å². The number of hydrogen-bond acceptors (Lipinski definition) is 1. The zero-order valence-electron chi connectivity index (χ0n) is 11.3. The van der Waals surface area contributed by atoms with Gasteiger partial charge in [-0.25, -0.2) is 0 Å². The lowest BCUT2D eigenvalue weighted by molar-refractivity contribution is 0.213. The first-order valence-corrected chi connectivity index (χ1v) is 8.20. The maximum atomic E-state index is 2.50. The Bertz CT molecular complexity index is 211. The van der Waals surface area contributed by atoms with Gasteiger partial charge in [-0.05, 0) is 37.5 Å². The van der Waals surface area contributed by atoms with Crippen LogP contribution in [0, 0.1) is 11.8 Å². The van der Waals surface area contributed by atoms with Gasteiger partial charge in [-0.3, -0.25) is 0 Å². The molecule has 94 valence electrons. The molecule has 2 fully saturated rings. The molecule has 1 heteroatoms. The summed E-state index contributed by atoms with van der Waals surface area (Å²) in [5.41, 5.74) is 0. The molecule has 16 heavy (non-hydrogen) atoms. The average molecular weight is 240 g/mol. The van der Waals surface area contributed by atoms with Crippen LogP contribution in [-0.2, 0) is 0 Å². The Morgan fingerprint density at radius 3 is 2.00 bits per heavy atom. The van der Waals surface area contributed by atoms with Crippen molar-refractivity contribution >= 4 is 11.8 Å². The summed E-state index contributed by atoms with van der Waals surface area (Å²) in [5.74, 6) is 1.77. The summed E-state index contributed by atoms with van der Waals surface area (Å²) in [6.07, 6.45) is 11.9. The summed E-state index contributed by atoms with van der Waals surface area (Å²) in [5, 5.41) is 0.996. The van der Waals surface area contributed by atoms with E-state index in [1.165, 1.54) is 51.4 Å². The van der Waals surface area contributed by atoms with E-state index < -0.39 is 0 Å². The zero-order chi connectivity index (χ0) is 11.6. The highest BCUT2D eigenvalue weighted by Crippen LogP contribution is 2.54. The minimum absolute atomic E-state index is 0.677. The standard InChI is InChI=1S/C15H28S/c1-12(2)13(3)15(10-7-11-15)16-14-8-5-4-6-9-14/h12-14H,4-11H2,1-3H3. The second-order valence-electron chi connectivity index (χ2n) is 6.33. The molecular weight excluding hydrogens is 212 g/mol. The summed E-state index contributed by atoms with van der Waals surface area (Å²) < 4.78 is 0.677. The maximum absolute atomic E-state index is 2.50. The first-order chi connectivity index (χ1) is 7.64. The van der Waals surface area contributed by atoms with Crippen molar-refractivity contribution in [2.75, 3.05) is 0 Å². The van der Waals surface area contributed by atoms with Crippen molar-refractivity contribution in [1.82, 2.24) is 0 Å². The molecule has 0 amide bonds. The predicted octanol–water partition coefficient (Wildman–Crippen LogP) is 5.27. The molecule has 0 aromatic rings. The van der Waals surface area contributed by atoms with Crippen molar-refractivity contribution in [3.05, 3.63) is 0 Å². The fourth-order valence-corrected chi connectivity index (χ4v) is 5.57. The van der Waals surface area contributed by atoms with E-state index in [0.29, 0.717) is 4.75 Å². The minimum atomic E-state index is 0.677. The van der Waals surface area contributed by atoms with Crippen LogP contribution < -0.4 is 0 Å². The molecule has 0 N–H and O–H groups in total. The molecule has 0 heterocycles. The van der Waals surface area contributed by atoms with Crippen molar-refractivity contribution < 1.29 is 0 Å². The summed E-state index contributed by atoms with van der Waals surface area (Å²) in [6.45, 7) is 7.32. The Hall–Kier alpha value is 0.350. The third kappa shape index (κ3) is 2.60. The normalized spacial score (nSPS) is 27.8. The largest absolute Gasteiger partial charge is 0.151 e. The van der Waals surface area contributed by atoms with Crippen LogP contribution in [-0.4, -0.2) is 10.00 Å². The van der Waals surface area contributed by atoms with Crippen molar-refractivity contribution in [3.8, 4) is 0 Å². The summed E-state index contributed by atoms with van der Waals surface area (Å²) in [4.78, 5) is 0. The van der Waals surface area contributed by atoms with Gasteiger partial charge in [0.25, 0.3) is 0 Å². The predicted molar refractivity (Wildman–Crippen MR) is 75.0 cm³/mol. The van der Waals surface area contributed by atoms with Crippen molar-refractivity contribution in [3.63, 3.8) is 0 Å². The van der Waals surface area contributed by atoms with Crippen molar-refractivity contribution in [2.45, 2.75) is 82.1 Å². The Morgan fingerprint density at radius 2 is 1.56 bits per heavy atom. The van der Waals surface area contributed by atoms with Crippen LogP contribution in [0.2, 0.25) is 0 Å². The van der Waals surface area contributed by atoms with Crippen LogP contribution in [0.5, 0.6) is 0 Å². The molecule has 2 aliphatic rings. The van der Waals surface area contributed by atoms with Crippen LogP contribution in [0.25, 0.3) is 0 Å². The lowest BCUT2D eigenvalue weighted by Gasteiger charge is -2.50. The molecule has 2 saturated carbocycles. The molecule has 1 atom stereocenters. The van der Waals surface area contributed by atoms with Crippen LogP contribution >= 0.6 is 11.8 Å². The Labute approximate surface area is 106 Å². The number of rotatable bonds is 4. The lowest BCUT2D eigenvalue weighted by Crippen LogP contribution is -2.44. The number of thioether (sulfide) groups is 1. The first kappa shape index (κ1) is 12.8. The van der Waals surface area contributed by atoms with E-state index in [4.69, 9.17) is 0 Å². The van der Waals surface area contributed by atoms with E-state index in [0.717, 1.165) is 17.1 Å². The van der Waals surface area contributed by atoms with Crippen LogP contribution in [0.3, 0.4) is 0 Å². The third-order valence-electron chi connectivity index (χ3n) is 4.98. The van der Waals surface area contributed by atoms with Crippen molar-refractivity contribution in [1.29, 1.82) is 0 Å². The maximum Gasteiger partial charge on any atom is 0.0190 e. The topological polar surface area (TPSA) is 0 Å². The van der Waals surface area contributed by atoms with E-state index in [9.17, 15) is 0 Å². The smallest absolute Gasteiger partial charge is 0.0190 e. The van der Waals surface area contributed by atoms with Gasteiger partial charge in [0, 0.05) is 10.00 Å². The van der Waals surface area contributed by atoms with E-state index in [1.807, 2.05) is 0 Å². The third-order valence-corrected chi connectivity index (χ3v) is 7.04. The van der Waals surface area contributed by atoms with Crippen molar-refractivity contribution in [2.24, 2.45) is 11.8 Å². The van der Waals surface area contributed by atoms with E-state index in [1.54, 1.807) is 0 Å². The quantitative estimate of drug-likeness (QED) is 0.645. The van der Waals surface area contributed by atoms with Gasteiger partial charge in [-0.1, -0.05) is 46.5 Å². The molecule has 0 bridgehead atoms. The highest BCUT2D eigenvalue weighted by Gasteiger charge is 2.44. The minimum Gasteiger partial charge on any atom is -0.151 e. The Morgan fingerprint density at radius 1 is 0.938 bits per heavy atom. The van der Waals surface area contributed by atoms with Crippen LogP contribution in [0.1, 0.15) is 72.1 Å². The lowest BCUT2D eigenvalue weighted by atomic mass is 9.71. The molecule has 0 spiro atoms. The van der Waals surface area contributed by atoms with Gasteiger partial charge in [0.1, 0.15) is 0 Å². The molecule has 1 unspecified atom stereocenters. The highest BCUT2D eigenvalue weighted by atomic mass is 32.2. The van der Waals surface area contributed by atoms with Gasteiger partial charge in [0.15, 0.2) is 0 Å². The fraction of sp³-hybridized carbons (Fsp3) is 1.00. The molecule has 0 aliphatic heterocycles. The van der Waals surface area contributed by atoms with Gasteiger partial charge in [-0.2, -0.15) is 11.8 Å². The summed E-state index contributed by atoms with van der Waals surface area (Å²) in [6, 6.07) is 0. The molecule has 0 saturated heterocycles. The van der Waals surface area contributed by atoms with Gasteiger partial charge in [0.2, 0.25) is 0 Å². The van der Waals surface area contributed by atoms with Gasteiger partial charge < -0.3 is 0 Å². The molecule has 0 aromatic heterocycles.